The van der Waals surface area contributed by atoms with Gasteiger partial charge in [0.15, 0.2) is 0 Å². The van der Waals surface area contributed by atoms with E-state index in [9.17, 15) is 0 Å². The summed E-state index contributed by atoms with van der Waals surface area (Å²) in [5.41, 5.74) is 10.3. The van der Waals surface area contributed by atoms with Gasteiger partial charge in [-0.1, -0.05) is 37.6 Å². The number of benzene rings is 1. The Bertz CT molecular complexity index is 634. The summed E-state index contributed by atoms with van der Waals surface area (Å²) in [5.74, 6) is 1.66. The van der Waals surface area contributed by atoms with Crippen molar-refractivity contribution in [1.82, 2.24) is 9.97 Å². The summed E-state index contributed by atoms with van der Waals surface area (Å²) in [6.45, 7) is 6.27. The van der Waals surface area contributed by atoms with Crippen LogP contribution in [0.25, 0.3) is 0 Å². The van der Waals surface area contributed by atoms with Gasteiger partial charge in [-0.25, -0.2) is 4.98 Å². The highest BCUT2D eigenvalue weighted by Crippen LogP contribution is 2.21. The highest BCUT2D eigenvalue weighted by Gasteiger charge is 2.12. The lowest BCUT2D eigenvalue weighted by Gasteiger charge is -2.15. The molecule has 0 spiro atoms. The van der Waals surface area contributed by atoms with E-state index in [1.165, 1.54) is 5.56 Å². The SMILES string of the molecule is CCCC(C)Nc1nc(C)c(Cc2cccc(CCl)c2)c(N)n1. The number of alkyl halides is 1. The first-order valence-electron chi connectivity index (χ1n) is 8.06. The van der Waals surface area contributed by atoms with Gasteiger partial charge >= 0.3 is 0 Å². The predicted octanol–water partition coefficient (Wildman–Crippen LogP) is 4.30. The van der Waals surface area contributed by atoms with Gasteiger partial charge in [-0.15, -0.1) is 11.6 Å². The van der Waals surface area contributed by atoms with E-state index in [1.54, 1.807) is 0 Å². The first-order chi connectivity index (χ1) is 11.0. The fourth-order valence-electron chi connectivity index (χ4n) is 2.65. The van der Waals surface area contributed by atoms with E-state index in [0.29, 0.717) is 30.1 Å². The number of hydrogen-bond donors (Lipinski definition) is 2. The van der Waals surface area contributed by atoms with E-state index in [1.807, 2.05) is 19.1 Å². The Kier molecular flexibility index (Phi) is 6.22. The molecule has 0 aliphatic rings. The molecular weight excluding hydrogens is 308 g/mol. The van der Waals surface area contributed by atoms with Crippen LogP contribution in [0.3, 0.4) is 0 Å². The number of nitrogens with zero attached hydrogens (tertiary/aromatic N) is 2. The Morgan fingerprint density at radius 1 is 1.26 bits per heavy atom. The van der Waals surface area contributed by atoms with E-state index >= 15 is 0 Å². The number of rotatable bonds is 7. The average molecular weight is 333 g/mol. The molecule has 1 aromatic heterocycles. The third-order valence-electron chi connectivity index (χ3n) is 3.87. The Labute approximate surface area is 143 Å². The topological polar surface area (TPSA) is 63.8 Å². The molecule has 0 radical (unpaired) electrons. The number of anilines is 2. The minimum atomic E-state index is 0.338. The minimum absolute atomic E-state index is 0.338. The lowest BCUT2D eigenvalue weighted by atomic mass is 10.0. The maximum absolute atomic E-state index is 6.17. The zero-order valence-electron chi connectivity index (χ0n) is 14.1. The Balaban J connectivity index is 2.19. The van der Waals surface area contributed by atoms with Crippen LogP contribution in [0.1, 0.15) is 49.1 Å². The van der Waals surface area contributed by atoms with Gasteiger partial charge in [-0.3, -0.25) is 0 Å². The summed E-state index contributed by atoms with van der Waals surface area (Å²) >= 11 is 5.90. The van der Waals surface area contributed by atoms with Gasteiger partial charge in [0.1, 0.15) is 5.82 Å². The molecule has 2 rings (SSSR count). The first-order valence-corrected chi connectivity index (χ1v) is 8.60. The smallest absolute Gasteiger partial charge is 0.225 e. The number of aromatic nitrogens is 2. The molecule has 1 heterocycles. The molecule has 3 N–H and O–H groups in total. The van der Waals surface area contributed by atoms with Gasteiger partial charge in [-0.05, 0) is 31.4 Å². The molecule has 1 aromatic carbocycles. The van der Waals surface area contributed by atoms with E-state index in [4.69, 9.17) is 17.3 Å². The molecule has 0 saturated heterocycles. The molecular formula is C18H25ClN4. The Morgan fingerprint density at radius 2 is 2.00 bits per heavy atom. The van der Waals surface area contributed by atoms with Crippen LogP contribution in [-0.4, -0.2) is 16.0 Å². The Hall–Kier alpha value is -1.81. The van der Waals surface area contributed by atoms with Gasteiger partial charge in [0.2, 0.25) is 5.95 Å². The predicted molar refractivity (Wildman–Crippen MR) is 98.0 cm³/mol. The van der Waals surface area contributed by atoms with Crippen molar-refractivity contribution in [2.45, 2.75) is 52.0 Å². The normalized spacial score (nSPS) is 12.2. The van der Waals surface area contributed by atoms with E-state index in [-0.39, 0.29) is 0 Å². The highest BCUT2D eigenvalue weighted by atomic mass is 35.5. The summed E-state index contributed by atoms with van der Waals surface area (Å²) < 4.78 is 0. The van der Waals surface area contributed by atoms with Gasteiger partial charge in [0.25, 0.3) is 0 Å². The van der Waals surface area contributed by atoms with Crippen LogP contribution in [0.5, 0.6) is 0 Å². The number of nitrogens with two attached hydrogens (primary N) is 1. The van der Waals surface area contributed by atoms with Crippen molar-refractivity contribution < 1.29 is 0 Å². The molecule has 1 atom stereocenters. The van der Waals surface area contributed by atoms with Crippen molar-refractivity contribution >= 4 is 23.4 Å². The monoisotopic (exact) mass is 332 g/mol. The standard InChI is InChI=1S/C18H25ClN4/c1-4-6-12(2)21-18-22-13(3)16(17(20)23-18)10-14-7-5-8-15(9-14)11-19/h5,7-9,12H,4,6,10-11H2,1-3H3,(H3,20,21,22,23). The lowest BCUT2D eigenvalue weighted by Crippen LogP contribution is -2.18. The number of halogens is 1. The number of nitrogen functional groups attached to an aromatic ring is 1. The van der Waals surface area contributed by atoms with Crippen molar-refractivity contribution in [2.24, 2.45) is 0 Å². The lowest BCUT2D eigenvalue weighted by molar-refractivity contribution is 0.683. The van der Waals surface area contributed by atoms with E-state index < -0.39 is 0 Å². The molecule has 0 fully saturated rings. The van der Waals surface area contributed by atoms with Crippen molar-refractivity contribution in [3.05, 3.63) is 46.6 Å². The highest BCUT2D eigenvalue weighted by molar-refractivity contribution is 6.17. The van der Waals surface area contributed by atoms with Crippen LogP contribution in [0, 0.1) is 6.92 Å². The van der Waals surface area contributed by atoms with Gasteiger partial charge in [0.05, 0.1) is 0 Å². The van der Waals surface area contributed by atoms with Gasteiger partial charge < -0.3 is 11.1 Å². The Morgan fingerprint density at radius 3 is 2.65 bits per heavy atom. The quantitative estimate of drug-likeness (QED) is 0.742. The van der Waals surface area contributed by atoms with Crippen LogP contribution in [-0.2, 0) is 12.3 Å². The average Bonchev–Trinajstić information content (AvgIpc) is 2.51. The summed E-state index contributed by atoms with van der Waals surface area (Å²) in [4.78, 5) is 8.99. The van der Waals surface area contributed by atoms with E-state index in [2.05, 4.69) is 41.3 Å². The second kappa shape index (κ2) is 8.16. The second-order valence-corrected chi connectivity index (χ2v) is 6.23. The first kappa shape index (κ1) is 17.5. The number of hydrogen-bond acceptors (Lipinski definition) is 4. The molecule has 0 bridgehead atoms. The molecule has 1 unspecified atom stereocenters. The molecule has 0 aliphatic heterocycles. The molecule has 0 amide bonds. The van der Waals surface area contributed by atoms with Crippen LogP contribution >= 0.6 is 11.6 Å². The number of aryl methyl sites for hydroxylation is 1. The molecule has 23 heavy (non-hydrogen) atoms. The molecule has 124 valence electrons. The molecule has 2 aromatic rings. The van der Waals surface area contributed by atoms with Crippen molar-refractivity contribution in [3.8, 4) is 0 Å². The summed E-state index contributed by atoms with van der Waals surface area (Å²) in [5, 5.41) is 3.31. The molecule has 4 nitrogen and oxygen atoms in total. The maximum Gasteiger partial charge on any atom is 0.225 e. The molecule has 0 saturated carbocycles. The van der Waals surface area contributed by atoms with Gasteiger partial charge in [-0.2, -0.15) is 4.98 Å². The molecule has 0 aliphatic carbocycles. The van der Waals surface area contributed by atoms with Crippen molar-refractivity contribution in [1.29, 1.82) is 0 Å². The van der Waals surface area contributed by atoms with Crippen LogP contribution in [0.4, 0.5) is 11.8 Å². The zero-order chi connectivity index (χ0) is 16.8. The van der Waals surface area contributed by atoms with Crippen LogP contribution in [0.15, 0.2) is 24.3 Å². The summed E-state index contributed by atoms with van der Waals surface area (Å²) in [6.07, 6.45) is 2.92. The minimum Gasteiger partial charge on any atom is -0.383 e. The van der Waals surface area contributed by atoms with Gasteiger partial charge in [0, 0.05) is 29.6 Å². The third kappa shape index (κ3) is 4.83. The van der Waals surface area contributed by atoms with Crippen LogP contribution in [0.2, 0.25) is 0 Å². The summed E-state index contributed by atoms with van der Waals surface area (Å²) in [6, 6.07) is 8.55. The van der Waals surface area contributed by atoms with E-state index in [0.717, 1.165) is 29.7 Å². The second-order valence-electron chi connectivity index (χ2n) is 5.96. The maximum atomic E-state index is 6.17. The third-order valence-corrected chi connectivity index (χ3v) is 4.18. The van der Waals surface area contributed by atoms with Crippen LogP contribution < -0.4 is 11.1 Å². The fourth-order valence-corrected chi connectivity index (χ4v) is 2.82. The number of nitrogens with one attached hydrogen (secondary N) is 1. The largest absolute Gasteiger partial charge is 0.383 e. The molecule has 5 heteroatoms. The van der Waals surface area contributed by atoms with Crippen molar-refractivity contribution in [3.63, 3.8) is 0 Å². The van der Waals surface area contributed by atoms with Crippen molar-refractivity contribution in [2.75, 3.05) is 11.1 Å². The summed E-state index contributed by atoms with van der Waals surface area (Å²) in [7, 11) is 0. The fraction of sp³-hybridized carbons (Fsp3) is 0.444. The zero-order valence-corrected chi connectivity index (χ0v) is 14.8.